The van der Waals surface area contributed by atoms with Gasteiger partial charge >= 0.3 is 0 Å². The third-order valence-electron chi connectivity index (χ3n) is 4.88. The minimum absolute atomic E-state index is 0.209. The highest BCUT2D eigenvalue weighted by Crippen LogP contribution is 2.52. The van der Waals surface area contributed by atoms with Gasteiger partial charge in [-0.3, -0.25) is 0 Å². The Morgan fingerprint density at radius 2 is 1.92 bits per heavy atom. The number of halogens is 1. The fourth-order valence-corrected chi connectivity index (χ4v) is 4.75. The van der Waals surface area contributed by atoms with Gasteiger partial charge in [-0.15, -0.1) is 11.3 Å². The predicted octanol–water partition coefficient (Wildman–Crippen LogP) is 5.25. The summed E-state index contributed by atoms with van der Waals surface area (Å²) in [6.07, 6.45) is -0.745. The smallest absolute Gasteiger partial charge is 0.160 e. The van der Waals surface area contributed by atoms with Crippen LogP contribution in [-0.4, -0.2) is 17.3 Å². The first-order chi connectivity index (χ1) is 12.5. The third-order valence-corrected chi connectivity index (χ3v) is 6.48. The van der Waals surface area contributed by atoms with Gasteiger partial charge in [0.25, 0.3) is 0 Å². The molecule has 0 saturated carbocycles. The van der Waals surface area contributed by atoms with Crippen LogP contribution in [0.4, 0.5) is 5.69 Å². The lowest BCUT2D eigenvalue weighted by atomic mass is 9.89. The number of benzene rings is 2. The summed E-state index contributed by atoms with van der Waals surface area (Å²) in [5, 5.41) is 29.4. The van der Waals surface area contributed by atoms with Gasteiger partial charge in [0.1, 0.15) is 5.75 Å². The van der Waals surface area contributed by atoms with Crippen LogP contribution >= 0.6 is 27.3 Å². The average Bonchev–Trinajstić information content (AvgIpc) is 3.13. The molecule has 0 saturated heterocycles. The monoisotopic (exact) mass is 430 g/mol. The van der Waals surface area contributed by atoms with E-state index in [4.69, 9.17) is 0 Å². The van der Waals surface area contributed by atoms with Crippen LogP contribution in [0.2, 0.25) is 0 Å². The molecule has 0 aliphatic carbocycles. The minimum Gasteiger partial charge on any atom is -0.507 e. The van der Waals surface area contributed by atoms with Crippen molar-refractivity contribution in [2.24, 2.45) is 0 Å². The van der Waals surface area contributed by atoms with E-state index in [1.165, 1.54) is 16.9 Å². The van der Waals surface area contributed by atoms with E-state index in [9.17, 15) is 10.2 Å². The van der Waals surface area contributed by atoms with Gasteiger partial charge in [0.2, 0.25) is 0 Å². The molecule has 2 heterocycles. The Hall–Kier alpha value is -1.86. The maximum absolute atomic E-state index is 10.7. The second-order valence-corrected chi connectivity index (χ2v) is 8.18. The molecular weight excluding hydrogens is 412 g/mol. The van der Waals surface area contributed by atoms with E-state index in [0.717, 1.165) is 37.3 Å². The first kappa shape index (κ1) is 17.5. The molecule has 0 bridgehead atoms. The molecule has 4 nitrogen and oxygen atoms in total. The van der Waals surface area contributed by atoms with Gasteiger partial charge < -0.3 is 20.8 Å². The summed E-state index contributed by atoms with van der Waals surface area (Å²) in [7, 11) is 1.94. The summed E-state index contributed by atoms with van der Waals surface area (Å²) in [6.45, 7) is 2.11. The maximum atomic E-state index is 10.7. The number of hydrogen-bond acceptors (Lipinski definition) is 5. The minimum atomic E-state index is -0.745. The molecule has 1 aliphatic heterocycles. The van der Waals surface area contributed by atoms with Crippen LogP contribution in [0.5, 0.6) is 5.75 Å². The van der Waals surface area contributed by atoms with Gasteiger partial charge in [0.05, 0.1) is 10.6 Å². The van der Waals surface area contributed by atoms with Crippen molar-refractivity contribution in [1.82, 2.24) is 5.32 Å². The van der Waals surface area contributed by atoms with E-state index in [0.29, 0.717) is 0 Å². The Kier molecular flexibility index (Phi) is 4.52. The Morgan fingerprint density at radius 3 is 2.62 bits per heavy atom. The Morgan fingerprint density at radius 1 is 1.19 bits per heavy atom. The lowest BCUT2D eigenvalue weighted by Crippen LogP contribution is -2.15. The van der Waals surface area contributed by atoms with E-state index < -0.39 is 6.23 Å². The molecule has 4 N–H and O–H groups in total. The number of thiophene rings is 1. The molecule has 2 atom stereocenters. The first-order valence-corrected chi connectivity index (χ1v) is 10.0. The van der Waals surface area contributed by atoms with Crippen molar-refractivity contribution in [2.45, 2.75) is 19.2 Å². The molecule has 134 valence electrons. The highest BCUT2D eigenvalue weighted by molar-refractivity contribution is 9.10. The Bertz CT molecular complexity index is 969. The molecular formula is C20H19BrN2O2S. The average molecular weight is 431 g/mol. The van der Waals surface area contributed by atoms with Gasteiger partial charge in [-0.05, 0) is 58.5 Å². The van der Waals surface area contributed by atoms with E-state index in [1.54, 1.807) is 6.07 Å². The lowest BCUT2D eigenvalue weighted by molar-refractivity contribution is 0.211. The van der Waals surface area contributed by atoms with Crippen LogP contribution in [0.1, 0.15) is 29.6 Å². The number of nitrogens with one attached hydrogen (secondary N) is 2. The number of aliphatic hydroxyl groups excluding tert-OH is 1. The van der Waals surface area contributed by atoms with Gasteiger partial charge in [-0.2, -0.15) is 0 Å². The van der Waals surface area contributed by atoms with Gasteiger partial charge in [0.15, 0.2) is 6.23 Å². The predicted molar refractivity (Wildman–Crippen MR) is 111 cm³/mol. The summed E-state index contributed by atoms with van der Waals surface area (Å²) in [4.78, 5) is 0.858. The van der Waals surface area contributed by atoms with Crippen molar-refractivity contribution in [3.63, 3.8) is 0 Å². The summed E-state index contributed by atoms with van der Waals surface area (Å²) >= 11 is 5.01. The van der Waals surface area contributed by atoms with E-state index in [1.807, 2.05) is 30.6 Å². The molecule has 0 spiro atoms. The van der Waals surface area contributed by atoms with E-state index >= 15 is 0 Å². The highest BCUT2D eigenvalue weighted by Gasteiger charge is 2.29. The van der Waals surface area contributed by atoms with Crippen molar-refractivity contribution in [3.8, 4) is 28.0 Å². The second-order valence-electron chi connectivity index (χ2n) is 6.38. The molecule has 26 heavy (non-hydrogen) atoms. The van der Waals surface area contributed by atoms with Crippen LogP contribution in [0.15, 0.2) is 46.3 Å². The first-order valence-electron chi connectivity index (χ1n) is 8.36. The largest absolute Gasteiger partial charge is 0.507 e. The van der Waals surface area contributed by atoms with Gasteiger partial charge in [-0.25, -0.2) is 0 Å². The van der Waals surface area contributed by atoms with Crippen molar-refractivity contribution in [3.05, 3.63) is 56.7 Å². The van der Waals surface area contributed by atoms with Crippen LogP contribution in [-0.2, 0) is 0 Å². The number of rotatable bonds is 3. The van der Waals surface area contributed by atoms with E-state index in [2.05, 4.69) is 45.6 Å². The normalized spacial score (nSPS) is 16.5. The molecule has 1 aliphatic rings. The fourth-order valence-electron chi connectivity index (χ4n) is 3.39. The SMILES string of the molecule is CNC(C)c1ccc(-c2c(O)cc(Br)c3c2-c2ccsc2[C@@H](O)N3)cc1. The highest BCUT2D eigenvalue weighted by atomic mass is 79.9. The summed E-state index contributed by atoms with van der Waals surface area (Å²) in [6, 6.07) is 12.1. The molecule has 1 unspecified atom stereocenters. The number of aromatic hydroxyl groups is 1. The van der Waals surface area contributed by atoms with Gasteiger partial charge in [0, 0.05) is 27.2 Å². The van der Waals surface area contributed by atoms with Gasteiger partial charge in [-0.1, -0.05) is 24.3 Å². The van der Waals surface area contributed by atoms with Crippen molar-refractivity contribution < 1.29 is 10.2 Å². The topological polar surface area (TPSA) is 64.5 Å². The van der Waals surface area contributed by atoms with Crippen LogP contribution in [0.3, 0.4) is 0 Å². The van der Waals surface area contributed by atoms with Crippen molar-refractivity contribution in [1.29, 1.82) is 0 Å². The molecule has 0 amide bonds. The Balaban J connectivity index is 1.93. The number of phenolic OH excluding ortho intramolecular Hbond substituents is 1. The number of fused-ring (bicyclic) bond motifs is 3. The van der Waals surface area contributed by atoms with Crippen molar-refractivity contribution in [2.75, 3.05) is 12.4 Å². The molecule has 1 aromatic heterocycles. The van der Waals surface area contributed by atoms with Crippen LogP contribution in [0, 0.1) is 0 Å². The molecule has 4 rings (SSSR count). The van der Waals surface area contributed by atoms with Crippen LogP contribution < -0.4 is 10.6 Å². The van der Waals surface area contributed by atoms with Crippen molar-refractivity contribution >= 4 is 33.0 Å². The third kappa shape index (κ3) is 2.74. The molecule has 0 radical (unpaired) electrons. The summed E-state index contributed by atoms with van der Waals surface area (Å²) < 4.78 is 0.727. The maximum Gasteiger partial charge on any atom is 0.160 e. The fraction of sp³-hybridized carbons (Fsp3) is 0.200. The van der Waals surface area contributed by atoms with Crippen LogP contribution in [0.25, 0.3) is 22.3 Å². The summed E-state index contributed by atoms with van der Waals surface area (Å²) in [5.74, 6) is 0.209. The zero-order valence-electron chi connectivity index (χ0n) is 14.4. The lowest BCUT2D eigenvalue weighted by Gasteiger charge is -2.27. The number of hydrogen-bond donors (Lipinski definition) is 4. The van der Waals surface area contributed by atoms with E-state index in [-0.39, 0.29) is 11.8 Å². The number of anilines is 1. The molecule has 0 fully saturated rings. The number of phenols is 1. The number of aliphatic hydroxyl groups is 1. The zero-order chi connectivity index (χ0) is 18.4. The Labute approximate surface area is 164 Å². The molecule has 2 aromatic carbocycles. The second kappa shape index (κ2) is 6.70. The molecule has 3 aromatic rings. The quantitative estimate of drug-likeness (QED) is 0.428. The zero-order valence-corrected chi connectivity index (χ0v) is 16.8. The standard InChI is InChI=1S/C20H19BrN2O2S/c1-10(22-2)11-3-5-12(6-4-11)16-15(24)9-14(21)18-17(16)13-7-8-26-19(13)20(25)23-18/h3-10,20,22-25H,1-2H3/t10?,20-/m1/s1. The summed E-state index contributed by atoms with van der Waals surface area (Å²) in [5.41, 5.74) is 5.55. The molecule has 6 heteroatoms.